The van der Waals surface area contributed by atoms with Gasteiger partial charge in [0.25, 0.3) is 0 Å². The van der Waals surface area contributed by atoms with E-state index in [0.29, 0.717) is 11.3 Å². The fourth-order valence-electron chi connectivity index (χ4n) is 7.37. The first-order valence-electron chi connectivity index (χ1n) is 13.8. The summed E-state index contributed by atoms with van der Waals surface area (Å²) in [6, 6.07) is 23.1. The molecule has 7 rings (SSSR count). The van der Waals surface area contributed by atoms with E-state index in [2.05, 4.69) is 99.2 Å². The summed E-state index contributed by atoms with van der Waals surface area (Å²) < 4.78 is 2.37. The molecule has 1 heterocycles. The molecule has 0 saturated heterocycles. The second-order valence-electron chi connectivity index (χ2n) is 12.3. The Morgan fingerprint density at radius 3 is 2.00 bits per heavy atom. The average Bonchev–Trinajstić information content (AvgIpc) is 3.44. The van der Waals surface area contributed by atoms with E-state index in [1.54, 1.807) is 0 Å². The van der Waals surface area contributed by atoms with Crippen LogP contribution >= 0.6 is 0 Å². The second kappa shape index (κ2) is 7.90. The molecule has 3 aliphatic carbocycles. The lowest BCUT2D eigenvalue weighted by molar-refractivity contribution is -0.660. The minimum absolute atomic E-state index is 0.497. The van der Waals surface area contributed by atoms with Gasteiger partial charge in [0.15, 0.2) is 6.20 Å². The van der Waals surface area contributed by atoms with Gasteiger partial charge in [-0.05, 0) is 112 Å². The van der Waals surface area contributed by atoms with Gasteiger partial charge in [-0.2, -0.15) is 0 Å². The third kappa shape index (κ3) is 3.25. The van der Waals surface area contributed by atoms with Crippen molar-refractivity contribution >= 4 is 0 Å². The van der Waals surface area contributed by atoms with Gasteiger partial charge in [0.05, 0.1) is 5.56 Å². The van der Waals surface area contributed by atoms with Gasteiger partial charge in [0.1, 0.15) is 7.05 Å². The molecule has 0 aliphatic heterocycles. The first-order chi connectivity index (χ1) is 17.4. The van der Waals surface area contributed by atoms with E-state index in [1.165, 1.54) is 92.6 Å². The van der Waals surface area contributed by atoms with Crippen molar-refractivity contribution in [3.05, 3.63) is 100 Å². The summed E-state index contributed by atoms with van der Waals surface area (Å²) >= 11 is 0. The predicted octanol–water partition coefficient (Wildman–Crippen LogP) is 8.31. The molecule has 0 N–H and O–H groups in total. The molecule has 3 aliphatic rings. The smallest absolute Gasteiger partial charge is 0.201 e. The van der Waals surface area contributed by atoms with Gasteiger partial charge in [-0.15, -0.1) is 0 Å². The number of nitrogens with zero attached hydrogens (tertiary/aromatic N) is 1. The van der Waals surface area contributed by atoms with Gasteiger partial charge in [0, 0.05) is 12.1 Å². The number of hydrogen-bond donors (Lipinski definition) is 0. The number of pyridine rings is 1. The molecule has 0 spiro atoms. The van der Waals surface area contributed by atoms with E-state index in [9.17, 15) is 0 Å². The van der Waals surface area contributed by atoms with Gasteiger partial charge in [-0.25, -0.2) is 4.57 Å². The highest BCUT2D eigenvalue weighted by molar-refractivity contribution is 6.00. The highest BCUT2D eigenvalue weighted by atomic mass is 14.9. The highest BCUT2D eigenvalue weighted by Crippen LogP contribution is 2.53. The van der Waals surface area contributed by atoms with Crippen molar-refractivity contribution in [2.24, 2.45) is 12.5 Å². The molecule has 1 heteroatoms. The van der Waals surface area contributed by atoms with E-state index in [0.717, 1.165) is 12.8 Å². The zero-order valence-electron chi connectivity index (χ0n) is 22.1. The third-order valence-corrected chi connectivity index (χ3v) is 9.53. The molecule has 1 aromatic heterocycles. The van der Waals surface area contributed by atoms with Crippen LogP contribution in [0.2, 0.25) is 0 Å². The van der Waals surface area contributed by atoms with Crippen LogP contribution in [-0.2, 0) is 19.9 Å². The zero-order valence-corrected chi connectivity index (χ0v) is 22.1. The first-order valence-corrected chi connectivity index (χ1v) is 13.8. The molecule has 0 bridgehead atoms. The Hall–Kier alpha value is -3.19. The molecule has 4 aromatic rings. The Labute approximate surface area is 215 Å². The number of aryl methyl sites for hydroxylation is 1. The van der Waals surface area contributed by atoms with E-state index in [-0.39, 0.29) is 0 Å². The highest BCUT2D eigenvalue weighted by Gasteiger charge is 2.35. The molecule has 1 saturated carbocycles. The summed E-state index contributed by atoms with van der Waals surface area (Å²) in [5.74, 6) is 0.683. The van der Waals surface area contributed by atoms with E-state index < -0.39 is 0 Å². The Morgan fingerprint density at radius 1 is 0.750 bits per heavy atom. The largest absolute Gasteiger partial charge is 0.213 e. The summed E-state index contributed by atoms with van der Waals surface area (Å²) in [4.78, 5) is 0. The van der Waals surface area contributed by atoms with Gasteiger partial charge in [0.2, 0.25) is 5.69 Å². The average molecular weight is 471 g/mol. The van der Waals surface area contributed by atoms with Crippen LogP contribution in [-0.4, -0.2) is 0 Å². The van der Waals surface area contributed by atoms with E-state index in [1.807, 2.05) is 0 Å². The van der Waals surface area contributed by atoms with Crippen molar-refractivity contribution in [2.45, 2.75) is 65.2 Å². The Morgan fingerprint density at radius 2 is 1.33 bits per heavy atom. The topological polar surface area (TPSA) is 3.88 Å². The van der Waals surface area contributed by atoms with Gasteiger partial charge in [-0.1, -0.05) is 62.4 Å². The minimum Gasteiger partial charge on any atom is -0.201 e. The van der Waals surface area contributed by atoms with Crippen molar-refractivity contribution in [3.8, 4) is 33.5 Å². The van der Waals surface area contributed by atoms with Gasteiger partial charge in [-0.3, -0.25) is 0 Å². The molecule has 3 aromatic carbocycles. The molecule has 0 amide bonds. The van der Waals surface area contributed by atoms with Crippen molar-refractivity contribution in [1.29, 1.82) is 0 Å². The molecule has 1 nitrogen and oxygen atoms in total. The molecular weight excluding hydrogens is 434 g/mol. The summed E-state index contributed by atoms with van der Waals surface area (Å²) in [6.07, 6.45) is 9.66. The van der Waals surface area contributed by atoms with Crippen LogP contribution in [0.15, 0.2) is 66.9 Å². The van der Waals surface area contributed by atoms with Crippen molar-refractivity contribution in [3.63, 3.8) is 0 Å². The molecule has 0 unspecified atom stereocenters. The lowest BCUT2D eigenvalue weighted by Gasteiger charge is -2.34. The second-order valence-corrected chi connectivity index (χ2v) is 12.3. The van der Waals surface area contributed by atoms with Crippen molar-refractivity contribution < 1.29 is 4.57 Å². The maximum Gasteiger partial charge on any atom is 0.213 e. The van der Waals surface area contributed by atoms with Crippen molar-refractivity contribution in [1.82, 2.24) is 0 Å². The lowest BCUT2D eigenvalue weighted by atomic mass is 9.71. The Balaban J connectivity index is 1.45. The summed E-state index contributed by atoms with van der Waals surface area (Å²) in [6.45, 7) is 7.26. The maximum atomic E-state index is 2.54. The number of aromatic nitrogens is 1. The van der Waals surface area contributed by atoms with Crippen molar-refractivity contribution in [2.75, 3.05) is 0 Å². The fraction of sp³-hybridized carbons (Fsp3) is 0.343. The minimum atomic E-state index is 0.497. The Bertz CT molecular complexity index is 1530. The number of benzene rings is 3. The maximum absolute atomic E-state index is 2.54. The third-order valence-electron chi connectivity index (χ3n) is 9.53. The molecule has 1 fully saturated rings. The number of hydrogen-bond acceptors (Lipinski definition) is 0. The van der Waals surface area contributed by atoms with E-state index in [4.69, 9.17) is 0 Å². The Kier molecular flexibility index (Phi) is 4.84. The summed E-state index contributed by atoms with van der Waals surface area (Å²) in [7, 11) is 2.24. The zero-order chi connectivity index (χ0) is 24.6. The predicted molar refractivity (Wildman–Crippen MR) is 149 cm³/mol. The van der Waals surface area contributed by atoms with Crippen LogP contribution in [0.5, 0.6) is 0 Å². The van der Waals surface area contributed by atoms with Crippen LogP contribution < -0.4 is 4.57 Å². The van der Waals surface area contributed by atoms with Crippen LogP contribution in [0.25, 0.3) is 33.5 Å². The first kappa shape index (κ1) is 22.0. The van der Waals surface area contributed by atoms with Gasteiger partial charge >= 0.3 is 0 Å². The normalized spacial score (nSPS) is 17.4. The van der Waals surface area contributed by atoms with Crippen LogP contribution in [0.3, 0.4) is 0 Å². The lowest BCUT2D eigenvalue weighted by Crippen LogP contribution is -2.32. The molecule has 36 heavy (non-hydrogen) atoms. The monoisotopic (exact) mass is 470 g/mol. The molecular formula is C35H36N+. The quantitative estimate of drug-likeness (QED) is 0.224. The standard InChI is InChI=1S/C35H36N/c1-22-29-19-25-9-5-7-11-27(25)33(29)34-28-12-8-6-10-26(28)20-30(34)32(22)31-21-24(15-18-36(31)4)23-13-16-35(2,3)17-14-23/h5-12,15,18,21,23H,13-14,16-17,19-20H2,1-4H3/q+1. The summed E-state index contributed by atoms with van der Waals surface area (Å²) in [5.41, 5.74) is 18.3. The SMILES string of the molecule is Cc1c2c(c3c(c1-c1cc(C4CCC(C)(C)CC4)cc[n+]1C)Cc1ccccc1-3)-c1ccccc1C2. The number of fused-ring (bicyclic) bond motifs is 7. The molecule has 0 atom stereocenters. The summed E-state index contributed by atoms with van der Waals surface area (Å²) in [5, 5.41) is 0. The number of rotatable bonds is 2. The fourth-order valence-corrected chi connectivity index (χ4v) is 7.37. The van der Waals surface area contributed by atoms with Crippen LogP contribution in [0.4, 0.5) is 0 Å². The van der Waals surface area contributed by atoms with Gasteiger partial charge < -0.3 is 0 Å². The van der Waals surface area contributed by atoms with E-state index >= 15 is 0 Å². The molecule has 180 valence electrons. The van der Waals surface area contributed by atoms with Crippen LogP contribution in [0.1, 0.15) is 78.8 Å². The molecule has 0 radical (unpaired) electrons. The van der Waals surface area contributed by atoms with Crippen LogP contribution in [0, 0.1) is 12.3 Å².